The van der Waals surface area contributed by atoms with Crippen molar-refractivity contribution in [1.82, 2.24) is 10.3 Å². The smallest absolute Gasteiger partial charge is 0.481 e. The van der Waals surface area contributed by atoms with Crippen LogP contribution >= 0.6 is 11.6 Å². The molecule has 10 heteroatoms. The highest BCUT2D eigenvalue weighted by molar-refractivity contribution is 6.30. The van der Waals surface area contributed by atoms with Crippen LogP contribution < -0.4 is 10.1 Å². The fourth-order valence-electron chi connectivity index (χ4n) is 4.51. The lowest BCUT2D eigenvalue weighted by Crippen LogP contribution is -2.26. The number of rotatable bonds is 9. The van der Waals surface area contributed by atoms with Gasteiger partial charge in [-0.2, -0.15) is 0 Å². The summed E-state index contributed by atoms with van der Waals surface area (Å²) in [7, 11) is 0. The standard InChI is InChI=1S/C28H24ClF3N2O4/c1-16(17-2-4-19(5-3-17)27(37)33-13-12-25(35)36)26(18-6-8-20(29)9-7-18)23-15-34-24-14-21(10-11-22(23)24)38-28(30,31)32/h2-11,14-16,26,34H,12-13H2,1H3,(H,33,37)(H,35,36). The second kappa shape index (κ2) is 11.2. The predicted octanol–water partition coefficient (Wildman–Crippen LogP) is 6.86. The van der Waals surface area contributed by atoms with E-state index in [0.717, 1.165) is 22.1 Å². The summed E-state index contributed by atoms with van der Waals surface area (Å²) in [5.74, 6) is -1.99. The zero-order valence-corrected chi connectivity index (χ0v) is 20.9. The van der Waals surface area contributed by atoms with Gasteiger partial charge in [0.05, 0.1) is 6.42 Å². The second-order valence-corrected chi connectivity index (χ2v) is 9.28. The minimum Gasteiger partial charge on any atom is -0.481 e. The quantitative estimate of drug-likeness (QED) is 0.215. The number of fused-ring (bicyclic) bond motifs is 1. The first-order valence-corrected chi connectivity index (χ1v) is 12.1. The van der Waals surface area contributed by atoms with Crippen molar-refractivity contribution in [1.29, 1.82) is 0 Å². The number of halogens is 4. The maximum Gasteiger partial charge on any atom is 0.573 e. The van der Waals surface area contributed by atoms with E-state index in [9.17, 15) is 22.8 Å². The van der Waals surface area contributed by atoms with Crippen molar-refractivity contribution in [2.45, 2.75) is 31.5 Å². The topological polar surface area (TPSA) is 91.4 Å². The highest BCUT2D eigenvalue weighted by Crippen LogP contribution is 2.42. The Morgan fingerprint density at radius 2 is 1.68 bits per heavy atom. The van der Waals surface area contributed by atoms with E-state index in [2.05, 4.69) is 15.0 Å². The number of hydrogen-bond acceptors (Lipinski definition) is 3. The maximum atomic E-state index is 12.7. The van der Waals surface area contributed by atoms with Crippen molar-refractivity contribution in [3.63, 3.8) is 0 Å². The first-order chi connectivity index (χ1) is 18.0. The van der Waals surface area contributed by atoms with Crippen LogP contribution in [0.25, 0.3) is 10.9 Å². The lowest BCUT2D eigenvalue weighted by Gasteiger charge is -2.25. The number of aromatic nitrogens is 1. The Balaban J connectivity index is 1.66. The van der Waals surface area contributed by atoms with Crippen LogP contribution in [0.3, 0.4) is 0 Å². The molecule has 4 rings (SSSR count). The van der Waals surface area contributed by atoms with Gasteiger partial charge >= 0.3 is 12.3 Å². The molecule has 0 radical (unpaired) electrons. The summed E-state index contributed by atoms with van der Waals surface area (Å²) in [6.45, 7) is 2.06. The van der Waals surface area contributed by atoms with Crippen molar-refractivity contribution < 1.29 is 32.6 Å². The van der Waals surface area contributed by atoms with Gasteiger partial charge in [-0.25, -0.2) is 0 Å². The van der Waals surface area contributed by atoms with Crippen molar-refractivity contribution in [3.05, 3.63) is 100 Å². The number of nitrogens with one attached hydrogen (secondary N) is 2. The van der Waals surface area contributed by atoms with Gasteiger partial charge in [0.2, 0.25) is 0 Å². The summed E-state index contributed by atoms with van der Waals surface area (Å²) < 4.78 is 42.2. The van der Waals surface area contributed by atoms with Gasteiger partial charge in [0.25, 0.3) is 5.91 Å². The number of benzene rings is 3. The third kappa shape index (κ3) is 6.47. The minimum atomic E-state index is -4.79. The molecule has 1 aromatic heterocycles. The molecule has 0 saturated heterocycles. The van der Waals surface area contributed by atoms with E-state index < -0.39 is 12.3 Å². The Morgan fingerprint density at radius 1 is 1.03 bits per heavy atom. The number of aromatic amines is 1. The monoisotopic (exact) mass is 544 g/mol. The van der Waals surface area contributed by atoms with Crippen LogP contribution in [0.15, 0.2) is 72.9 Å². The molecule has 1 heterocycles. The zero-order valence-electron chi connectivity index (χ0n) is 20.2. The summed E-state index contributed by atoms with van der Waals surface area (Å²) >= 11 is 6.12. The van der Waals surface area contributed by atoms with E-state index in [1.54, 1.807) is 36.5 Å². The van der Waals surface area contributed by atoms with Crippen LogP contribution in [0.1, 0.15) is 52.2 Å². The molecule has 0 aliphatic heterocycles. The average molecular weight is 545 g/mol. The molecule has 0 spiro atoms. The van der Waals surface area contributed by atoms with Crippen molar-refractivity contribution in [2.24, 2.45) is 0 Å². The van der Waals surface area contributed by atoms with E-state index in [4.69, 9.17) is 16.7 Å². The third-order valence-corrected chi connectivity index (χ3v) is 6.56. The molecule has 0 saturated carbocycles. The Kier molecular flexibility index (Phi) is 7.97. The lowest BCUT2D eigenvalue weighted by atomic mass is 9.78. The number of carboxylic acids is 1. The highest BCUT2D eigenvalue weighted by atomic mass is 35.5. The third-order valence-electron chi connectivity index (χ3n) is 6.31. The number of alkyl halides is 3. The highest BCUT2D eigenvalue weighted by Gasteiger charge is 2.31. The Hall–Kier alpha value is -3.98. The summed E-state index contributed by atoms with van der Waals surface area (Å²) in [5, 5.41) is 12.6. The van der Waals surface area contributed by atoms with Crippen molar-refractivity contribution >= 4 is 34.4 Å². The van der Waals surface area contributed by atoms with Crippen LogP contribution in [0.5, 0.6) is 5.75 Å². The molecule has 1 amide bonds. The maximum absolute atomic E-state index is 12.7. The molecule has 3 N–H and O–H groups in total. The minimum absolute atomic E-state index is 0.0290. The number of ether oxygens (including phenoxy) is 1. The van der Waals surface area contributed by atoms with Gasteiger partial charge in [-0.3, -0.25) is 9.59 Å². The molecule has 3 aromatic carbocycles. The Morgan fingerprint density at radius 3 is 2.32 bits per heavy atom. The number of carboxylic acid groups (broad SMARTS) is 1. The summed E-state index contributed by atoms with van der Waals surface area (Å²) in [6.07, 6.45) is -3.18. The second-order valence-electron chi connectivity index (χ2n) is 8.84. The van der Waals surface area contributed by atoms with E-state index in [0.29, 0.717) is 16.1 Å². The number of H-pyrrole nitrogens is 1. The number of carbonyl (C=O) groups is 2. The largest absolute Gasteiger partial charge is 0.573 e. The van der Waals surface area contributed by atoms with Gasteiger partial charge in [0.1, 0.15) is 5.75 Å². The molecule has 2 atom stereocenters. The normalized spacial score (nSPS) is 13.2. The fraction of sp³-hybridized carbons (Fsp3) is 0.214. The summed E-state index contributed by atoms with van der Waals surface area (Å²) in [4.78, 5) is 26.1. The first kappa shape index (κ1) is 27.1. The van der Waals surface area contributed by atoms with Gasteiger partial charge in [0, 0.05) is 46.2 Å². The van der Waals surface area contributed by atoms with E-state index in [-0.39, 0.29) is 36.5 Å². The van der Waals surface area contributed by atoms with Crippen molar-refractivity contribution in [2.75, 3.05) is 6.54 Å². The zero-order chi connectivity index (χ0) is 27.4. The van der Waals surface area contributed by atoms with Crippen LogP contribution in [-0.4, -0.2) is 34.9 Å². The van der Waals surface area contributed by atoms with Crippen LogP contribution in [0.4, 0.5) is 13.2 Å². The lowest BCUT2D eigenvalue weighted by molar-refractivity contribution is -0.274. The first-order valence-electron chi connectivity index (χ1n) is 11.7. The van der Waals surface area contributed by atoms with Crippen LogP contribution in [-0.2, 0) is 4.79 Å². The molecule has 0 bridgehead atoms. The summed E-state index contributed by atoms with van der Waals surface area (Å²) in [6, 6.07) is 18.6. The number of amides is 1. The predicted molar refractivity (Wildman–Crippen MR) is 138 cm³/mol. The van der Waals surface area contributed by atoms with Gasteiger partial charge in [-0.15, -0.1) is 13.2 Å². The van der Waals surface area contributed by atoms with Crippen molar-refractivity contribution in [3.8, 4) is 5.75 Å². The van der Waals surface area contributed by atoms with Gasteiger partial charge in [-0.05, 0) is 59.0 Å². The molecule has 198 valence electrons. The van der Waals surface area contributed by atoms with Crippen LogP contribution in [0, 0.1) is 0 Å². The molecule has 4 aromatic rings. The van der Waals surface area contributed by atoms with E-state index in [1.807, 2.05) is 31.2 Å². The molecule has 0 fully saturated rings. The van der Waals surface area contributed by atoms with Gasteiger partial charge < -0.3 is 20.1 Å². The molecular weight excluding hydrogens is 521 g/mol. The molecule has 38 heavy (non-hydrogen) atoms. The number of aliphatic carboxylic acids is 1. The Bertz CT molecular complexity index is 1430. The van der Waals surface area contributed by atoms with Gasteiger partial charge in [-0.1, -0.05) is 42.8 Å². The molecule has 0 aliphatic rings. The number of hydrogen-bond donors (Lipinski definition) is 3. The average Bonchev–Trinajstić information content (AvgIpc) is 3.27. The van der Waals surface area contributed by atoms with E-state index in [1.165, 1.54) is 12.1 Å². The fourth-order valence-corrected chi connectivity index (χ4v) is 4.63. The SMILES string of the molecule is CC(c1ccc(C(=O)NCCC(=O)O)cc1)C(c1ccc(Cl)cc1)c1c[nH]c2cc(OC(F)(F)F)ccc12. The molecule has 0 aliphatic carbocycles. The number of carbonyl (C=O) groups excluding carboxylic acids is 1. The van der Waals surface area contributed by atoms with Gasteiger partial charge in [0.15, 0.2) is 0 Å². The molecule has 6 nitrogen and oxygen atoms in total. The summed E-state index contributed by atoms with van der Waals surface area (Å²) in [5.41, 5.74) is 3.66. The van der Waals surface area contributed by atoms with E-state index >= 15 is 0 Å². The molecular formula is C28H24ClF3N2O4. The molecule has 2 unspecified atom stereocenters. The Labute approximate surface area is 221 Å². The van der Waals surface area contributed by atoms with Crippen LogP contribution in [0.2, 0.25) is 5.02 Å².